The maximum Gasteiger partial charge on any atom is 0.303 e. The number of rotatable bonds is 9. The average molecular weight is 611 g/mol. The molecule has 2 aromatic rings. The molecule has 0 aromatic carbocycles. The summed E-state index contributed by atoms with van der Waals surface area (Å²) in [7, 11) is 0. The fourth-order valence-corrected chi connectivity index (χ4v) is 7.33. The molecule has 4 N–H and O–H groups in total. The molecule has 5 heterocycles. The highest BCUT2D eigenvalue weighted by atomic mass is 16.4. The van der Waals surface area contributed by atoms with Crippen LogP contribution in [0.5, 0.6) is 0 Å². The Morgan fingerprint density at radius 3 is 2.33 bits per heavy atom. The number of carbonyl (C=O) groups is 4. The Bertz CT molecular complexity index is 1910. The second-order valence-corrected chi connectivity index (χ2v) is 12.1. The number of carboxylic acid groups (broad SMARTS) is 2. The van der Waals surface area contributed by atoms with Crippen molar-refractivity contribution >= 4 is 47.7 Å². The topological polar surface area (TPSA) is 156 Å². The van der Waals surface area contributed by atoms with Gasteiger partial charge in [0, 0.05) is 58.3 Å². The molecule has 1 aliphatic carbocycles. The van der Waals surface area contributed by atoms with Crippen molar-refractivity contribution in [2.45, 2.75) is 85.0 Å². The monoisotopic (exact) mass is 610 g/mol. The summed E-state index contributed by atoms with van der Waals surface area (Å²) in [5.41, 5.74) is 10.5. The van der Waals surface area contributed by atoms with Gasteiger partial charge in [0.15, 0.2) is 0 Å². The van der Waals surface area contributed by atoms with Gasteiger partial charge in [0.05, 0.1) is 5.71 Å². The highest BCUT2D eigenvalue weighted by molar-refractivity contribution is 6.31. The molecule has 0 atom stereocenters. The third-order valence-corrected chi connectivity index (χ3v) is 9.53. The van der Waals surface area contributed by atoms with E-state index in [2.05, 4.69) is 15.0 Å². The van der Waals surface area contributed by atoms with Gasteiger partial charge >= 0.3 is 11.9 Å². The largest absolute Gasteiger partial charge is 0.481 e. The molecule has 6 rings (SSSR count). The number of allylic oxidation sites excluding steroid dienone is 2. The molecule has 2 amide bonds. The van der Waals surface area contributed by atoms with E-state index in [4.69, 9.17) is 0 Å². The van der Waals surface area contributed by atoms with E-state index >= 15 is 0 Å². The summed E-state index contributed by atoms with van der Waals surface area (Å²) in [6, 6.07) is 0. The van der Waals surface area contributed by atoms with Crippen LogP contribution < -0.4 is 10.7 Å². The Kier molecular flexibility index (Phi) is 8.07. The van der Waals surface area contributed by atoms with E-state index in [0.717, 1.165) is 91.6 Å². The van der Waals surface area contributed by atoms with Crippen molar-refractivity contribution in [3.63, 3.8) is 0 Å². The maximum absolute atomic E-state index is 13.1. The SMILES string of the molecule is CCC1=C(C)C2=Cc3[nH]c(C=c4[nH]c5c(c4CCC(=O)O)CCCC4=C(CC)C(=O)N=C4C=5)c(CCC(=O)O)c3CCN2C1=O. The molecule has 3 aliphatic heterocycles. The fourth-order valence-electron chi connectivity index (χ4n) is 7.33. The van der Waals surface area contributed by atoms with Crippen LogP contribution in [-0.4, -0.2) is 61.1 Å². The molecule has 2 aromatic heterocycles. The van der Waals surface area contributed by atoms with E-state index < -0.39 is 11.9 Å². The van der Waals surface area contributed by atoms with Crippen LogP contribution in [0.25, 0.3) is 18.2 Å². The van der Waals surface area contributed by atoms with Gasteiger partial charge in [-0.2, -0.15) is 0 Å². The normalized spacial score (nSPS) is 18.1. The Labute approximate surface area is 260 Å². The van der Waals surface area contributed by atoms with Gasteiger partial charge in [-0.15, -0.1) is 0 Å². The molecular formula is C35H38N4O6. The summed E-state index contributed by atoms with van der Waals surface area (Å²) in [4.78, 5) is 62.2. The number of aliphatic carboxylic acids is 2. The van der Waals surface area contributed by atoms with Gasteiger partial charge in [-0.1, -0.05) is 13.8 Å². The minimum Gasteiger partial charge on any atom is -0.481 e. The quantitative estimate of drug-likeness (QED) is 0.341. The molecule has 0 spiro atoms. The van der Waals surface area contributed by atoms with E-state index in [9.17, 15) is 29.4 Å². The highest BCUT2D eigenvalue weighted by Gasteiger charge is 2.34. The first-order valence-electron chi connectivity index (χ1n) is 15.8. The van der Waals surface area contributed by atoms with E-state index in [1.54, 1.807) is 0 Å². The smallest absolute Gasteiger partial charge is 0.303 e. The second kappa shape index (κ2) is 12.0. The lowest BCUT2D eigenvalue weighted by Crippen LogP contribution is -2.27. The number of aliphatic imine (C=N–C) groups is 1. The molecule has 0 bridgehead atoms. The Balaban J connectivity index is 1.53. The zero-order valence-electron chi connectivity index (χ0n) is 25.9. The van der Waals surface area contributed by atoms with E-state index in [0.29, 0.717) is 44.4 Å². The molecule has 0 saturated heterocycles. The van der Waals surface area contributed by atoms with Gasteiger partial charge in [0.25, 0.3) is 11.8 Å². The second-order valence-electron chi connectivity index (χ2n) is 12.1. The number of nitrogens with zero attached hydrogens (tertiary/aromatic N) is 2. The van der Waals surface area contributed by atoms with Crippen LogP contribution in [0.1, 0.15) is 92.9 Å². The zero-order valence-corrected chi connectivity index (χ0v) is 25.9. The van der Waals surface area contributed by atoms with Gasteiger partial charge in [-0.05, 0) is 110 Å². The Morgan fingerprint density at radius 1 is 0.933 bits per heavy atom. The first kappa shape index (κ1) is 30.3. The summed E-state index contributed by atoms with van der Waals surface area (Å²) in [5, 5.41) is 20.7. The number of aromatic nitrogens is 2. The first-order chi connectivity index (χ1) is 21.6. The lowest BCUT2D eigenvalue weighted by molar-refractivity contribution is -0.138. The summed E-state index contributed by atoms with van der Waals surface area (Å²) in [5.74, 6) is -1.94. The number of hydrogen-bond donors (Lipinski definition) is 4. The van der Waals surface area contributed by atoms with Crippen molar-refractivity contribution < 1.29 is 29.4 Å². The molecule has 234 valence electrons. The Hall–Kier alpha value is -4.73. The number of fused-ring (bicyclic) bond motifs is 4. The molecule has 0 unspecified atom stereocenters. The van der Waals surface area contributed by atoms with Crippen LogP contribution in [0.2, 0.25) is 0 Å². The summed E-state index contributed by atoms with van der Waals surface area (Å²) in [6.45, 7) is 6.42. The van der Waals surface area contributed by atoms with Crippen LogP contribution in [0.3, 0.4) is 0 Å². The molecule has 0 saturated carbocycles. The number of carboxylic acids is 2. The molecule has 4 aliphatic rings. The molecule has 0 fully saturated rings. The number of hydrogen-bond acceptors (Lipinski definition) is 4. The first-order valence-corrected chi connectivity index (χ1v) is 15.8. The number of aromatic amines is 2. The zero-order chi connectivity index (χ0) is 32.0. The van der Waals surface area contributed by atoms with Gasteiger partial charge in [0.1, 0.15) is 0 Å². The predicted molar refractivity (Wildman–Crippen MR) is 170 cm³/mol. The summed E-state index contributed by atoms with van der Waals surface area (Å²) >= 11 is 0. The lowest BCUT2D eigenvalue weighted by Gasteiger charge is -2.17. The van der Waals surface area contributed by atoms with Crippen LogP contribution in [-0.2, 0) is 44.9 Å². The highest BCUT2D eigenvalue weighted by Crippen LogP contribution is 2.37. The Morgan fingerprint density at radius 2 is 1.64 bits per heavy atom. The molecular weight excluding hydrogens is 572 g/mol. The van der Waals surface area contributed by atoms with Crippen LogP contribution in [0, 0.1) is 0 Å². The number of nitrogens with one attached hydrogen (secondary N) is 2. The lowest BCUT2D eigenvalue weighted by atomic mass is 9.92. The van der Waals surface area contributed by atoms with Crippen LogP contribution in [0.15, 0.2) is 33.0 Å². The van der Waals surface area contributed by atoms with Gasteiger partial charge in [-0.3, -0.25) is 19.2 Å². The van der Waals surface area contributed by atoms with Crippen molar-refractivity contribution in [1.82, 2.24) is 14.9 Å². The number of amides is 2. The molecule has 0 radical (unpaired) electrons. The molecule has 45 heavy (non-hydrogen) atoms. The third-order valence-electron chi connectivity index (χ3n) is 9.53. The number of carbonyl (C=O) groups excluding carboxylic acids is 2. The summed E-state index contributed by atoms with van der Waals surface area (Å²) < 4.78 is 0. The molecule has 10 heteroatoms. The van der Waals surface area contributed by atoms with Crippen molar-refractivity contribution in [1.29, 1.82) is 0 Å². The molecule has 10 nitrogen and oxygen atoms in total. The average Bonchev–Trinajstić information content (AvgIpc) is 3.59. The predicted octanol–water partition coefficient (Wildman–Crippen LogP) is 3.48. The van der Waals surface area contributed by atoms with Crippen LogP contribution in [0.4, 0.5) is 0 Å². The standard InChI is InChI=1S/C35H38N4O6/c1-4-19-18(3)31-17-30-25(13-14-39(31)35(19)45)24(10-12-33(42)43)28(37-30)15-27-23(9-11-32(40)41)22-8-6-7-21-20(5-2)34(44)38-29(21)16-26(22)36-27/h15-17,36-37H,4-14H2,1-3H3,(H,40,41)(H,42,43). The van der Waals surface area contributed by atoms with Crippen molar-refractivity contribution in [2.75, 3.05) is 6.54 Å². The third kappa shape index (κ3) is 5.43. The minimum atomic E-state index is -0.896. The summed E-state index contributed by atoms with van der Waals surface area (Å²) in [6.07, 6.45) is 10.6. The fraction of sp³-hybridized carbons (Fsp3) is 0.400. The van der Waals surface area contributed by atoms with Gasteiger partial charge < -0.3 is 25.1 Å². The van der Waals surface area contributed by atoms with Crippen molar-refractivity contribution in [2.24, 2.45) is 4.99 Å². The van der Waals surface area contributed by atoms with E-state index in [1.165, 1.54) is 0 Å². The van der Waals surface area contributed by atoms with E-state index in [1.807, 2.05) is 43.9 Å². The minimum absolute atomic E-state index is 0.0334. The van der Waals surface area contributed by atoms with Gasteiger partial charge in [-0.25, -0.2) is 4.99 Å². The van der Waals surface area contributed by atoms with E-state index in [-0.39, 0.29) is 24.7 Å². The van der Waals surface area contributed by atoms with Gasteiger partial charge in [0.2, 0.25) is 0 Å². The van der Waals surface area contributed by atoms with Crippen molar-refractivity contribution in [3.8, 4) is 0 Å². The van der Waals surface area contributed by atoms with Crippen LogP contribution >= 0.6 is 0 Å². The van der Waals surface area contributed by atoms with Crippen molar-refractivity contribution in [3.05, 3.63) is 72.3 Å². The number of H-pyrrole nitrogens is 2. The maximum atomic E-state index is 13.1.